The second-order valence-electron chi connectivity index (χ2n) is 4.45. The molecule has 110 valence electrons. The molecule has 1 N–H and O–H groups in total. The highest BCUT2D eigenvalue weighted by Gasteiger charge is 2.12. The molecule has 0 fully saturated rings. The van der Waals surface area contributed by atoms with Crippen LogP contribution >= 0.6 is 0 Å². The van der Waals surface area contributed by atoms with Crippen molar-refractivity contribution in [2.45, 2.75) is 17.1 Å². The maximum Gasteiger partial charge on any atom is 0.307 e. The van der Waals surface area contributed by atoms with Crippen LogP contribution in [-0.2, 0) is 27.8 Å². The average Bonchev–Trinajstić information content (AvgIpc) is 2.40. The Kier molecular flexibility index (Phi) is 4.80. The highest BCUT2D eigenvalue weighted by atomic mass is 32.2. The number of aliphatic carboxylic acids is 1. The summed E-state index contributed by atoms with van der Waals surface area (Å²) >= 11 is 0. The van der Waals surface area contributed by atoms with E-state index in [4.69, 9.17) is 5.11 Å². The van der Waals surface area contributed by atoms with E-state index < -0.39 is 28.4 Å². The molecule has 21 heavy (non-hydrogen) atoms. The zero-order valence-corrected chi connectivity index (χ0v) is 11.7. The molecule has 0 heterocycles. The van der Waals surface area contributed by atoms with Gasteiger partial charge in [0, 0.05) is 6.07 Å². The predicted molar refractivity (Wildman–Crippen MR) is 74.3 cm³/mol. The lowest BCUT2D eigenvalue weighted by atomic mass is 10.1. The van der Waals surface area contributed by atoms with Crippen molar-refractivity contribution in [1.82, 2.24) is 0 Å². The molecule has 3 nitrogen and oxygen atoms in total. The molecule has 1 unspecified atom stereocenters. The van der Waals surface area contributed by atoms with E-state index >= 15 is 0 Å². The SMILES string of the molecule is O=C(O)Cc1ccc(CS(=O)c2ccc(F)cc2F)cc1. The topological polar surface area (TPSA) is 54.4 Å². The van der Waals surface area contributed by atoms with Crippen molar-refractivity contribution in [1.29, 1.82) is 0 Å². The van der Waals surface area contributed by atoms with Crippen LogP contribution < -0.4 is 0 Å². The van der Waals surface area contributed by atoms with E-state index in [1.54, 1.807) is 24.3 Å². The molecular formula is C15H12F2O3S. The molecule has 0 aliphatic carbocycles. The third kappa shape index (κ3) is 4.19. The second kappa shape index (κ2) is 6.58. The summed E-state index contributed by atoms with van der Waals surface area (Å²) in [4.78, 5) is 10.5. The summed E-state index contributed by atoms with van der Waals surface area (Å²) in [6, 6.07) is 9.48. The quantitative estimate of drug-likeness (QED) is 0.924. The van der Waals surface area contributed by atoms with Gasteiger partial charge in [0.05, 0.1) is 27.9 Å². The Morgan fingerprint density at radius 2 is 1.67 bits per heavy atom. The molecule has 0 aliphatic rings. The van der Waals surface area contributed by atoms with Crippen molar-refractivity contribution in [3.63, 3.8) is 0 Å². The normalized spacial score (nSPS) is 12.1. The van der Waals surface area contributed by atoms with Gasteiger partial charge in [0.1, 0.15) is 11.6 Å². The lowest BCUT2D eigenvalue weighted by molar-refractivity contribution is -0.136. The summed E-state index contributed by atoms with van der Waals surface area (Å²) in [5.41, 5.74) is 1.32. The van der Waals surface area contributed by atoms with Gasteiger partial charge < -0.3 is 5.11 Å². The maximum absolute atomic E-state index is 13.5. The number of benzene rings is 2. The van der Waals surface area contributed by atoms with Crippen molar-refractivity contribution < 1.29 is 22.9 Å². The molecule has 0 saturated heterocycles. The van der Waals surface area contributed by atoms with Crippen molar-refractivity contribution >= 4 is 16.8 Å². The molecule has 2 aromatic rings. The van der Waals surface area contributed by atoms with Crippen LogP contribution in [0.5, 0.6) is 0 Å². The largest absolute Gasteiger partial charge is 0.481 e. The maximum atomic E-state index is 13.5. The Bertz CT molecular complexity index is 684. The molecule has 0 saturated carbocycles. The average molecular weight is 310 g/mol. The van der Waals surface area contributed by atoms with Crippen LogP contribution in [0.3, 0.4) is 0 Å². The fourth-order valence-electron chi connectivity index (χ4n) is 1.82. The highest BCUT2D eigenvalue weighted by molar-refractivity contribution is 7.84. The number of halogens is 2. The van der Waals surface area contributed by atoms with Gasteiger partial charge in [-0.1, -0.05) is 24.3 Å². The molecule has 1 atom stereocenters. The molecule has 2 rings (SSSR count). The van der Waals surface area contributed by atoms with Crippen LogP contribution in [0.2, 0.25) is 0 Å². The lowest BCUT2D eigenvalue weighted by Crippen LogP contribution is -2.02. The van der Waals surface area contributed by atoms with Gasteiger partial charge in [-0.25, -0.2) is 8.78 Å². The fourth-order valence-corrected chi connectivity index (χ4v) is 2.96. The minimum Gasteiger partial charge on any atom is -0.481 e. The summed E-state index contributed by atoms with van der Waals surface area (Å²) in [6.45, 7) is 0. The van der Waals surface area contributed by atoms with Crippen LogP contribution in [-0.4, -0.2) is 15.3 Å². The number of carboxylic acids is 1. The molecule has 2 aromatic carbocycles. The van der Waals surface area contributed by atoms with Crippen LogP contribution in [0.1, 0.15) is 11.1 Å². The first-order valence-electron chi connectivity index (χ1n) is 6.09. The van der Waals surface area contributed by atoms with Gasteiger partial charge in [0.25, 0.3) is 0 Å². The summed E-state index contributed by atoms with van der Waals surface area (Å²) in [5.74, 6) is -2.41. The fraction of sp³-hybridized carbons (Fsp3) is 0.133. The summed E-state index contributed by atoms with van der Waals surface area (Å²) in [7, 11) is -1.63. The standard InChI is InChI=1S/C15H12F2O3S/c16-12-5-6-14(13(17)8-12)21(20)9-11-3-1-10(2-4-11)7-15(18)19/h1-6,8H,7,9H2,(H,18,19). The van der Waals surface area contributed by atoms with E-state index in [-0.39, 0.29) is 17.1 Å². The van der Waals surface area contributed by atoms with E-state index in [9.17, 15) is 17.8 Å². The van der Waals surface area contributed by atoms with Crippen molar-refractivity contribution in [2.75, 3.05) is 0 Å². The zero-order chi connectivity index (χ0) is 15.4. The molecule has 6 heteroatoms. The van der Waals surface area contributed by atoms with Crippen LogP contribution in [0.25, 0.3) is 0 Å². The van der Waals surface area contributed by atoms with Gasteiger partial charge in [-0.05, 0) is 23.3 Å². The molecule has 0 aromatic heterocycles. The number of carbonyl (C=O) groups is 1. The molecule has 0 spiro atoms. The number of rotatable bonds is 5. The first kappa shape index (κ1) is 15.3. The van der Waals surface area contributed by atoms with Crippen molar-refractivity contribution in [2.24, 2.45) is 0 Å². The third-order valence-electron chi connectivity index (χ3n) is 2.82. The van der Waals surface area contributed by atoms with E-state index in [1.165, 1.54) is 6.07 Å². The Hall–Kier alpha value is -2.08. The Morgan fingerprint density at radius 1 is 1.05 bits per heavy atom. The smallest absolute Gasteiger partial charge is 0.307 e. The van der Waals surface area contributed by atoms with Gasteiger partial charge in [-0.15, -0.1) is 0 Å². The van der Waals surface area contributed by atoms with E-state index in [1.807, 2.05) is 0 Å². The highest BCUT2D eigenvalue weighted by Crippen LogP contribution is 2.17. The summed E-state index contributed by atoms with van der Waals surface area (Å²) in [5, 5.41) is 8.66. The summed E-state index contributed by atoms with van der Waals surface area (Å²) in [6.07, 6.45) is -0.0873. The van der Waals surface area contributed by atoms with Crippen molar-refractivity contribution in [3.8, 4) is 0 Å². The van der Waals surface area contributed by atoms with Crippen LogP contribution in [0.4, 0.5) is 8.78 Å². The minimum absolute atomic E-state index is 0.0500. The van der Waals surface area contributed by atoms with E-state index in [0.29, 0.717) is 17.2 Å². The molecular weight excluding hydrogens is 298 g/mol. The molecule has 0 bridgehead atoms. The molecule has 0 amide bonds. The van der Waals surface area contributed by atoms with E-state index in [0.717, 1.165) is 6.07 Å². The second-order valence-corrected chi connectivity index (χ2v) is 5.87. The summed E-state index contributed by atoms with van der Waals surface area (Å²) < 4.78 is 38.4. The first-order chi connectivity index (χ1) is 9.95. The molecule has 0 aliphatic heterocycles. The van der Waals surface area contributed by atoms with E-state index in [2.05, 4.69) is 0 Å². The number of hydrogen-bond donors (Lipinski definition) is 1. The van der Waals surface area contributed by atoms with Gasteiger partial charge >= 0.3 is 5.97 Å². The number of hydrogen-bond acceptors (Lipinski definition) is 2. The van der Waals surface area contributed by atoms with Crippen LogP contribution in [0, 0.1) is 11.6 Å². The van der Waals surface area contributed by atoms with Gasteiger partial charge in [-0.3, -0.25) is 9.00 Å². The Balaban J connectivity index is 2.10. The minimum atomic E-state index is -1.63. The Labute approximate surface area is 122 Å². The zero-order valence-electron chi connectivity index (χ0n) is 10.9. The third-order valence-corrected chi connectivity index (χ3v) is 4.23. The van der Waals surface area contributed by atoms with Gasteiger partial charge in [0.15, 0.2) is 0 Å². The number of carboxylic acid groups (broad SMARTS) is 1. The van der Waals surface area contributed by atoms with Gasteiger partial charge in [-0.2, -0.15) is 0 Å². The van der Waals surface area contributed by atoms with Crippen molar-refractivity contribution in [3.05, 3.63) is 65.2 Å². The first-order valence-corrected chi connectivity index (χ1v) is 7.40. The predicted octanol–water partition coefficient (Wildman–Crippen LogP) is 2.90. The Morgan fingerprint density at radius 3 is 2.24 bits per heavy atom. The monoisotopic (exact) mass is 310 g/mol. The molecule has 0 radical (unpaired) electrons. The lowest BCUT2D eigenvalue weighted by Gasteiger charge is -2.05. The van der Waals surface area contributed by atoms with Gasteiger partial charge in [0.2, 0.25) is 0 Å². The van der Waals surface area contributed by atoms with Crippen LogP contribution in [0.15, 0.2) is 47.4 Å².